The third-order valence-electron chi connectivity index (χ3n) is 5.25. The summed E-state index contributed by atoms with van der Waals surface area (Å²) in [5, 5.41) is 4.22. The van der Waals surface area contributed by atoms with E-state index in [1.165, 1.54) is 0 Å². The van der Waals surface area contributed by atoms with Crippen molar-refractivity contribution in [3.8, 4) is 5.69 Å². The third kappa shape index (κ3) is 3.19. The number of thiocarbonyl (C=S) groups is 1. The maximum atomic E-state index is 5.79. The van der Waals surface area contributed by atoms with E-state index in [0.717, 1.165) is 22.8 Å². The average molecular weight is 397 g/mol. The number of hydrogen-bond acceptors (Lipinski definition) is 2. The number of aromatic nitrogens is 2. The van der Waals surface area contributed by atoms with Crippen molar-refractivity contribution in [2.45, 2.75) is 12.1 Å². The van der Waals surface area contributed by atoms with Gasteiger partial charge in [-0.2, -0.15) is 0 Å². The Balaban J connectivity index is 1.67. The standard InChI is InChI=1S/C24H20N4S/c29-24-26-22(20-14-7-8-16-25-20)23(28(24)19-12-5-2-6-13-19)21-15-9-17-27(21)18-10-3-1-4-11-18/h1-17,22-23H,(H,26,29)/t22-,23-/m1/s1. The Labute approximate surface area is 175 Å². The van der Waals surface area contributed by atoms with Crippen LogP contribution in [0.1, 0.15) is 23.5 Å². The Morgan fingerprint density at radius 3 is 2.14 bits per heavy atom. The summed E-state index contributed by atoms with van der Waals surface area (Å²) in [6, 6.07) is 30.9. The number of hydrogen-bond donors (Lipinski definition) is 1. The molecule has 0 saturated carbocycles. The lowest BCUT2D eigenvalue weighted by molar-refractivity contribution is 0.549. The lowest BCUT2D eigenvalue weighted by Crippen LogP contribution is -2.30. The highest BCUT2D eigenvalue weighted by Crippen LogP contribution is 2.42. The Morgan fingerprint density at radius 1 is 0.759 bits per heavy atom. The molecule has 29 heavy (non-hydrogen) atoms. The number of rotatable bonds is 4. The third-order valence-corrected chi connectivity index (χ3v) is 5.56. The van der Waals surface area contributed by atoms with Crippen molar-refractivity contribution in [2.24, 2.45) is 0 Å². The minimum atomic E-state index is -0.0544. The van der Waals surface area contributed by atoms with E-state index in [2.05, 4.69) is 80.6 Å². The molecule has 3 heterocycles. The zero-order chi connectivity index (χ0) is 19.6. The minimum Gasteiger partial charge on any atom is -0.351 e. The van der Waals surface area contributed by atoms with Crippen LogP contribution in [-0.2, 0) is 0 Å². The van der Waals surface area contributed by atoms with Gasteiger partial charge in [0.25, 0.3) is 0 Å². The molecule has 142 valence electrons. The van der Waals surface area contributed by atoms with Gasteiger partial charge in [-0.3, -0.25) is 4.98 Å². The van der Waals surface area contributed by atoms with Gasteiger partial charge in [0.15, 0.2) is 5.11 Å². The predicted octanol–water partition coefficient (Wildman–Crippen LogP) is 5.05. The SMILES string of the molecule is S=C1N[C@H](c2ccccn2)[C@@H](c2cccn2-c2ccccc2)N1c1ccccc1. The summed E-state index contributed by atoms with van der Waals surface area (Å²) < 4.78 is 2.23. The molecule has 0 amide bonds. The van der Waals surface area contributed by atoms with E-state index in [0.29, 0.717) is 5.11 Å². The largest absolute Gasteiger partial charge is 0.351 e. The lowest BCUT2D eigenvalue weighted by atomic mass is 10.0. The van der Waals surface area contributed by atoms with Gasteiger partial charge in [0, 0.05) is 29.5 Å². The number of nitrogens with zero attached hydrogens (tertiary/aromatic N) is 3. The Hall–Kier alpha value is -3.44. The highest BCUT2D eigenvalue weighted by atomic mass is 32.1. The highest BCUT2D eigenvalue weighted by Gasteiger charge is 2.42. The second-order valence-corrected chi connectivity index (χ2v) is 7.36. The number of anilines is 1. The van der Waals surface area contributed by atoms with E-state index < -0.39 is 0 Å². The molecule has 0 unspecified atom stereocenters. The Bertz CT molecular complexity index is 1110. The van der Waals surface area contributed by atoms with Crippen LogP contribution in [0.4, 0.5) is 5.69 Å². The fraction of sp³-hybridized carbons (Fsp3) is 0.0833. The second kappa shape index (κ2) is 7.53. The normalized spacial score (nSPS) is 18.6. The van der Waals surface area contributed by atoms with E-state index in [1.807, 2.05) is 42.6 Å². The van der Waals surface area contributed by atoms with E-state index in [-0.39, 0.29) is 12.1 Å². The molecule has 5 heteroatoms. The van der Waals surface area contributed by atoms with Crippen LogP contribution in [0.2, 0.25) is 0 Å². The van der Waals surface area contributed by atoms with Crippen molar-refractivity contribution in [1.82, 2.24) is 14.9 Å². The Kier molecular flexibility index (Phi) is 4.58. The van der Waals surface area contributed by atoms with E-state index in [9.17, 15) is 0 Å². The molecule has 4 aromatic rings. The quantitative estimate of drug-likeness (QED) is 0.490. The molecular weight excluding hydrogens is 376 g/mol. The number of benzene rings is 2. The summed E-state index contributed by atoms with van der Waals surface area (Å²) in [6.45, 7) is 0. The highest BCUT2D eigenvalue weighted by molar-refractivity contribution is 7.80. The van der Waals surface area contributed by atoms with Crippen molar-refractivity contribution in [1.29, 1.82) is 0 Å². The first-order valence-corrected chi connectivity index (χ1v) is 10.0. The van der Waals surface area contributed by atoms with Crippen LogP contribution in [0.15, 0.2) is 103 Å². The van der Waals surface area contributed by atoms with E-state index in [4.69, 9.17) is 12.2 Å². The summed E-state index contributed by atoms with van der Waals surface area (Å²) in [5.74, 6) is 0. The molecule has 1 aliphatic rings. The zero-order valence-electron chi connectivity index (χ0n) is 15.7. The van der Waals surface area contributed by atoms with E-state index in [1.54, 1.807) is 0 Å². The van der Waals surface area contributed by atoms with Crippen LogP contribution in [0.3, 0.4) is 0 Å². The van der Waals surface area contributed by atoms with Gasteiger partial charge >= 0.3 is 0 Å². The molecule has 1 fully saturated rings. The van der Waals surface area contributed by atoms with E-state index >= 15 is 0 Å². The second-order valence-electron chi connectivity index (χ2n) is 6.97. The molecule has 0 bridgehead atoms. The van der Waals surface area contributed by atoms with Gasteiger partial charge in [-0.25, -0.2) is 0 Å². The summed E-state index contributed by atoms with van der Waals surface area (Å²) in [4.78, 5) is 6.83. The minimum absolute atomic E-state index is 0.0324. The first kappa shape index (κ1) is 17.6. The molecular formula is C24H20N4S. The first-order chi connectivity index (χ1) is 14.3. The van der Waals surface area contributed by atoms with Gasteiger partial charge in [-0.05, 0) is 60.7 Å². The van der Waals surface area contributed by atoms with Crippen LogP contribution >= 0.6 is 12.2 Å². The van der Waals surface area contributed by atoms with Gasteiger partial charge in [-0.15, -0.1) is 0 Å². The smallest absolute Gasteiger partial charge is 0.174 e. The van der Waals surface area contributed by atoms with Crippen molar-refractivity contribution in [3.63, 3.8) is 0 Å². The van der Waals surface area contributed by atoms with Crippen LogP contribution < -0.4 is 10.2 Å². The average Bonchev–Trinajstić information content (AvgIpc) is 3.40. The fourth-order valence-electron chi connectivity index (χ4n) is 3.98. The predicted molar refractivity (Wildman–Crippen MR) is 120 cm³/mol. The monoisotopic (exact) mass is 396 g/mol. The fourth-order valence-corrected chi connectivity index (χ4v) is 4.33. The summed E-state index contributed by atoms with van der Waals surface area (Å²) in [6.07, 6.45) is 3.93. The molecule has 1 aliphatic heterocycles. The zero-order valence-corrected chi connectivity index (χ0v) is 16.5. The van der Waals surface area contributed by atoms with Gasteiger partial charge in [0.05, 0.1) is 11.7 Å². The summed E-state index contributed by atoms with van der Waals surface area (Å²) >= 11 is 5.79. The van der Waals surface area contributed by atoms with Crippen LogP contribution in [0, 0.1) is 0 Å². The molecule has 5 rings (SSSR count). The molecule has 2 atom stereocenters. The van der Waals surface area contributed by atoms with Crippen molar-refractivity contribution in [2.75, 3.05) is 4.90 Å². The Morgan fingerprint density at radius 2 is 1.45 bits per heavy atom. The van der Waals surface area contributed by atoms with Crippen molar-refractivity contribution < 1.29 is 0 Å². The first-order valence-electron chi connectivity index (χ1n) is 9.61. The molecule has 0 radical (unpaired) electrons. The van der Waals surface area contributed by atoms with Crippen LogP contribution in [0.5, 0.6) is 0 Å². The molecule has 0 spiro atoms. The van der Waals surface area contributed by atoms with Crippen LogP contribution in [0.25, 0.3) is 5.69 Å². The molecule has 1 N–H and O–H groups in total. The molecule has 2 aromatic carbocycles. The van der Waals surface area contributed by atoms with Gasteiger partial charge in [0.2, 0.25) is 0 Å². The molecule has 0 aliphatic carbocycles. The summed E-state index contributed by atoms with van der Waals surface area (Å²) in [7, 11) is 0. The number of nitrogens with one attached hydrogen (secondary N) is 1. The maximum Gasteiger partial charge on any atom is 0.174 e. The van der Waals surface area contributed by atoms with Gasteiger partial charge in [-0.1, -0.05) is 42.5 Å². The topological polar surface area (TPSA) is 33.1 Å². The number of para-hydroxylation sites is 2. The van der Waals surface area contributed by atoms with Gasteiger partial charge < -0.3 is 14.8 Å². The molecule has 1 saturated heterocycles. The van der Waals surface area contributed by atoms with Crippen LogP contribution in [-0.4, -0.2) is 14.7 Å². The summed E-state index contributed by atoms with van der Waals surface area (Å²) in [5.41, 5.74) is 4.31. The molecule has 2 aromatic heterocycles. The maximum absolute atomic E-state index is 5.79. The van der Waals surface area contributed by atoms with Crippen molar-refractivity contribution >= 4 is 23.0 Å². The lowest BCUT2D eigenvalue weighted by Gasteiger charge is -2.29. The number of pyridine rings is 1. The molecule has 4 nitrogen and oxygen atoms in total. The van der Waals surface area contributed by atoms with Crippen molar-refractivity contribution in [3.05, 3.63) is 115 Å². The van der Waals surface area contributed by atoms with Gasteiger partial charge in [0.1, 0.15) is 6.04 Å².